The van der Waals surface area contributed by atoms with E-state index in [0.717, 1.165) is 29.2 Å². The Morgan fingerprint density at radius 2 is 1.05 bits per heavy atom. The van der Waals surface area contributed by atoms with Crippen molar-refractivity contribution in [3.8, 4) is 23.0 Å². The fourth-order valence-electron chi connectivity index (χ4n) is 3.52. The maximum atomic E-state index is 11.7. The maximum absolute atomic E-state index is 11.7. The number of rotatable bonds is 10. The van der Waals surface area contributed by atoms with Gasteiger partial charge in [0.15, 0.2) is 11.5 Å². The van der Waals surface area contributed by atoms with Crippen molar-refractivity contribution in [2.24, 2.45) is 0 Å². The highest BCUT2D eigenvalue weighted by Gasteiger charge is 2.21. The maximum Gasteiger partial charge on any atom is 0.336 e. The first kappa shape index (κ1) is 26.8. The molecule has 0 amide bonds. The van der Waals surface area contributed by atoms with Crippen molar-refractivity contribution >= 4 is 35.6 Å². The lowest BCUT2D eigenvalue weighted by Crippen LogP contribution is -2.08. The first-order valence-corrected chi connectivity index (χ1v) is 11.9. The van der Waals surface area contributed by atoms with E-state index in [4.69, 9.17) is 9.47 Å². The van der Waals surface area contributed by atoms with Gasteiger partial charge in [0.1, 0.15) is 11.5 Å². The molecule has 0 aliphatic rings. The van der Waals surface area contributed by atoms with Gasteiger partial charge in [0.2, 0.25) is 0 Å². The summed E-state index contributed by atoms with van der Waals surface area (Å²) in [5, 5.41) is 37.6. The third-order valence-electron chi connectivity index (χ3n) is 5.27. The van der Waals surface area contributed by atoms with Gasteiger partial charge in [-0.25, -0.2) is 19.2 Å². The zero-order chi connectivity index (χ0) is 28.1. The van der Waals surface area contributed by atoms with Crippen LogP contribution < -0.4 is 9.47 Å². The fraction of sp³-hybridized carbons (Fsp3) is 0. The monoisotopic (exact) mass is 546 g/mol. The van der Waals surface area contributed by atoms with Crippen molar-refractivity contribution in [3.05, 3.63) is 107 Å². The molecule has 0 heterocycles. The second kappa shape index (κ2) is 11.4. The van der Waals surface area contributed by atoms with Crippen molar-refractivity contribution in [3.63, 3.8) is 0 Å². The molecule has 0 atom stereocenters. The standard InChI is InChI=1S/C28H18O10S/c29-25(30)18-11-9-15(13-20(18)27(33)34)37-22-7-4-8-23(39-17-5-2-1-3-6-17)24(22)38-16-10-12-19(26(31)32)21(14-16)28(35)36/h1-14H,(H,29,30)(H,31,32)(H,33,34)(H,35,36). The summed E-state index contributed by atoms with van der Waals surface area (Å²) < 4.78 is 12.0. The lowest BCUT2D eigenvalue weighted by Gasteiger charge is -2.17. The number of carbonyl (C=O) groups is 4. The van der Waals surface area contributed by atoms with Crippen LogP contribution in [0.1, 0.15) is 41.4 Å². The van der Waals surface area contributed by atoms with Crippen LogP contribution in [-0.4, -0.2) is 44.3 Å². The SMILES string of the molecule is O=C(O)c1ccc(Oc2cccc(Sc3ccccc3)c2Oc2ccc(C(=O)O)c(C(=O)O)c2)cc1C(=O)O. The highest BCUT2D eigenvalue weighted by atomic mass is 32.2. The summed E-state index contributed by atoms with van der Waals surface area (Å²) in [6.45, 7) is 0. The van der Waals surface area contributed by atoms with Gasteiger partial charge in [0.25, 0.3) is 0 Å². The van der Waals surface area contributed by atoms with Crippen LogP contribution in [0.25, 0.3) is 0 Å². The quantitative estimate of drug-likeness (QED) is 0.178. The highest BCUT2D eigenvalue weighted by molar-refractivity contribution is 7.99. The summed E-state index contributed by atoms with van der Waals surface area (Å²) in [5.41, 5.74) is -1.80. The van der Waals surface area contributed by atoms with E-state index in [1.807, 2.05) is 30.3 Å². The van der Waals surface area contributed by atoms with Crippen LogP contribution in [-0.2, 0) is 0 Å². The number of aromatic carboxylic acids is 4. The zero-order valence-electron chi connectivity index (χ0n) is 19.7. The normalized spacial score (nSPS) is 10.5. The molecule has 0 saturated heterocycles. The number of carboxylic acids is 4. The average molecular weight is 547 g/mol. The molecule has 0 saturated carbocycles. The van der Waals surface area contributed by atoms with Crippen molar-refractivity contribution in [2.75, 3.05) is 0 Å². The molecule has 11 heteroatoms. The minimum atomic E-state index is -1.46. The van der Waals surface area contributed by atoms with Gasteiger partial charge in [-0.15, -0.1) is 0 Å². The third-order valence-corrected chi connectivity index (χ3v) is 6.31. The predicted octanol–water partition coefficient (Wildman–Crippen LogP) is 6.22. The van der Waals surface area contributed by atoms with Crippen LogP contribution in [0.3, 0.4) is 0 Å². The first-order valence-electron chi connectivity index (χ1n) is 11.1. The number of ether oxygens (including phenoxy) is 2. The van der Waals surface area contributed by atoms with Crippen LogP contribution in [0.4, 0.5) is 0 Å². The predicted molar refractivity (Wildman–Crippen MR) is 138 cm³/mol. The van der Waals surface area contributed by atoms with Gasteiger partial charge in [-0.2, -0.15) is 0 Å². The molecule has 4 aromatic rings. The number of para-hydroxylation sites is 1. The van der Waals surface area contributed by atoms with Gasteiger partial charge < -0.3 is 29.9 Å². The molecular weight excluding hydrogens is 528 g/mol. The molecule has 0 aliphatic carbocycles. The zero-order valence-corrected chi connectivity index (χ0v) is 20.5. The van der Waals surface area contributed by atoms with Crippen molar-refractivity contribution in [1.82, 2.24) is 0 Å². The Hall–Kier alpha value is -5.29. The van der Waals surface area contributed by atoms with E-state index in [-0.39, 0.29) is 23.0 Å². The van der Waals surface area contributed by atoms with Crippen LogP contribution in [0.2, 0.25) is 0 Å². The fourth-order valence-corrected chi connectivity index (χ4v) is 4.45. The lowest BCUT2D eigenvalue weighted by molar-refractivity contribution is 0.0651. The minimum Gasteiger partial charge on any atom is -0.478 e. The number of carboxylic acid groups (broad SMARTS) is 4. The summed E-state index contributed by atoms with van der Waals surface area (Å²) in [5.74, 6) is -5.49. The molecule has 4 aromatic carbocycles. The topological polar surface area (TPSA) is 168 Å². The molecule has 0 radical (unpaired) electrons. The van der Waals surface area contributed by atoms with Gasteiger partial charge in [-0.1, -0.05) is 36.0 Å². The van der Waals surface area contributed by atoms with E-state index in [9.17, 15) is 39.6 Å². The van der Waals surface area contributed by atoms with Gasteiger partial charge >= 0.3 is 23.9 Å². The molecule has 0 aliphatic heterocycles. The Labute approximate surface area is 224 Å². The van der Waals surface area contributed by atoms with Crippen LogP contribution in [0.5, 0.6) is 23.0 Å². The van der Waals surface area contributed by atoms with E-state index >= 15 is 0 Å². The molecular formula is C28H18O10S. The van der Waals surface area contributed by atoms with Crippen LogP contribution in [0, 0.1) is 0 Å². The summed E-state index contributed by atoms with van der Waals surface area (Å²) in [4.78, 5) is 47.5. The highest BCUT2D eigenvalue weighted by Crippen LogP contribution is 2.45. The van der Waals surface area contributed by atoms with Crippen LogP contribution in [0.15, 0.2) is 94.7 Å². The van der Waals surface area contributed by atoms with Crippen molar-refractivity contribution in [1.29, 1.82) is 0 Å². The Balaban J connectivity index is 1.80. The summed E-state index contributed by atoms with van der Waals surface area (Å²) >= 11 is 1.30. The van der Waals surface area contributed by atoms with Gasteiger partial charge in [0, 0.05) is 4.90 Å². The average Bonchev–Trinajstić information content (AvgIpc) is 2.90. The van der Waals surface area contributed by atoms with Gasteiger partial charge in [-0.05, 0) is 60.7 Å². The van der Waals surface area contributed by atoms with Crippen LogP contribution >= 0.6 is 11.8 Å². The minimum absolute atomic E-state index is 0.0100. The molecule has 4 N–H and O–H groups in total. The molecule has 0 fully saturated rings. The Morgan fingerprint density at radius 1 is 0.538 bits per heavy atom. The van der Waals surface area contributed by atoms with E-state index in [0.29, 0.717) is 4.90 Å². The molecule has 4 rings (SSSR count). The first-order chi connectivity index (χ1) is 18.6. The molecule has 0 aromatic heterocycles. The second-order valence-electron chi connectivity index (χ2n) is 7.84. The lowest BCUT2D eigenvalue weighted by atomic mass is 10.1. The van der Waals surface area contributed by atoms with Crippen molar-refractivity contribution < 1.29 is 49.1 Å². The number of hydrogen-bond acceptors (Lipinski definition) is 7. The molecule has 0 bridgehead atoms. The van der Waals surface area contributed by atoms with E-state index in [1.165, 1.54) is 30.0 Å². The molecule has 0 spiro atoms. The van der Waals surface area contributed by atoms with Crippen molar-refractivity contribution in [2.45, 2.75) is 9.79 Å². The molecule has 196 valence electrons. The Kier molecular flexibility index (Phi) is 7.82. The Morgan fingerprint density at radius 3 is 1.56 bits per heavy atom. The largest absolute Gasteiger partial charge is 0.478 e. The number of hydrogen-bond donors (Lipinski definition) is 4. The molecule has 10 nitrogen and oxygen atoms in total. The third kappa shape index (κ3) is 6.17. The van der Waals surface area contributed by atoms with Gasteiger partial charge in [-0.3, -0.25) is 0 Å². The Bertz CT molecular complexity index is 1600. The van der Waals surface area contributed by atoms with E-state index in [1.54, 1.807) is 12.1 Å². The summed E-state index contributed by atoms with van der Waals surface area (Å²) in [7, 11) is 0. The van der Waals surface area contributed by atoms with E-state index < -0.39 is 46.1 Å². The van der Waals surface area contributed by atoms with Gasteiger partial charge in [0.05, 0.1) is 27.1 Å². The molecule has 39 heavy (non-hydrogen) atoms. The summed E-state index contributed by atoms with van der Waals surface area (Å²) in [6, 6.07) is 21.1. The number of benzene rings is 4. The van der Waals surface area contributed by atoms with E-state index in [2.05, 4.69) is 0 Å². The molecule has 0 unspecified atom stereocenters. The smallest absolute Gasteiger partial charge is 0.336 e. The second-order valence-corrected chi connectivity index (χ2v) is 8.95. The summed E-state index contributed by atoms with van der Waals surface area (Å²) in [6.07, 6.45) is 0.